The third-order valence-electron chi connectivity index (χ3n) is 9.38. The molecule has 0 aromatic rings. The van der Waals surface area contributed by atoms with Crippen molar-refractivity contribution in [2.24, 2.45) is 17.8 Å². The lowest BCUT2D eigenvalue weighted by atomic mass is 9.88. The van der Waals surface area contributed by atoms with E-state index < -0.39 is 79.8 Å². The fourth-order valence-corrected chi connectivity index (χ4v) is 7.10. The molecule has 0 spiro atoms. The van der Waals surface area contributed by atoms with Crippen LogP contribution < -0.4 is 15.4 Å². The Hall–Kier alpha value is -2.84. The van der Waals surface area contributed by atoms with Crippen molar-refractivity contribution in [1.29, 1.82) is 0 Å². The zero-order valence-electron chi connectivity index (χ0n) is 25.6. The third-order valence-corrected chi connectivity index (χ3v) is 11.5. The van der Waals surface area contributed by atoms with Gasteiger partial charge in [-0.25, -0.2) is 13.2 Å². The molecule has 2 aliphatic heterocycles. The molecule has 15 heteroatoms. The van der Waals surface area contributed by atoms with E-state index in [0.29, 0.717) is 46.0 Å². The average molecular weight is 648 g/mol. The van der Waals surface area contributed by atoms with Crippen molar-refractivity contribution >= 4 is 33.8 Å². The molecule has 4 amide bonds. The fraction of sp³-hybridized carbons (Fsp3) is 0.759. The average Bonchev–Trinajstić information content (AvgIpc) is 3.75. The van der Waals surface area contributed by atoms with E-state index in [1.807, 2.05) is 13.0 Å². The van der Waals surface area contributed by atoms with Crippen molar-refractivity contribution in [1.82, 2.24) is 20.3 Å². The Morgan fingerprint density at radius 3 is 2.43 bits per heavy atom. The molecule has 0 aromatic carbocycles. The van der Waals surface area contributed by atoms with Crippen LogP contribution in [0.2, 0.25) is 0 Å². The van der Waals surface area contributed by atoms with Crippen molar-refractivity contribution in [3.8, 4) is 0 Å². The molecular weight excluding hydrogens is 605 g/mol. The van der Waals surface area contributed by atoms with Crippen LogP contribution in [0.4, 0.5) is 18.0 Å². The summed E-state index contributed by atoms with van der Waals surface area (Å²) < 4.78 is 71.6. The number of alkyl halides is 3. The van der Waals surface area contributed by atoms with Crippen LogP contribution >= 0.6 is 0 Å². The zero-order valence-corrected chi connectivity index (χ0v) is 26.4. The highest BCUT2D eigenvalue weighted by molar-refractivity contribution is 7.91. The number of fused-ring (bicyclic) bond motifs is 2. The van der Waals surface area contributed by atoms with Crippen LogP contribution in [0.15, 0.2) is 12.2 Å². The summed E-state index contributed by atoms with van der Waals surface area (Å²) in [5, 5.41) is 5.06. The number of hydrogen-bond donors (Lipinski definition) is 3. The number of carbonyl (C=O) groups is 4. The van der Waals surface area contributed by atoms with Gasteiger partial charge in [0.25, 0.3) is 5.91 Å². The third kappa shape index (κ3) is 6.86. The van der Waals surface area contributed by atoms with Gasteiger partial charge in [-0.1, -0.05) is 26.0 Å². The van der Waals surface area contributed by atoms with Gasteiger partial charge in [0.15, 0.2) is 0 Å². The van der Waals surface area contributed by atoms with E-state index in [2.05, 4.69) is 20.1 Å². The maximum absolute atomic E-state index is 13.9. The Morgan fingerprint density at radius 1 is 1.16 bits per heavy atom. The zero-order chi connectivity index (χ0) is 32.9. The van der Waals surface area contributed by atoms with Crippen LogP contribution in [-0.2, 0) is 29.1 Å². The van der Waals surface area contributed by atoms with Crippen LogP contribution in [0.5, 0.6) is 0 Å². The highest BCUT2D eigenvalue weighted by Crippen LogP contribution is 2.47. The quantitative estimate of drug-likeness (QED) is 0.388. The highest BCUT2D eigenvalue weighted by atomic mass is 32.2. The SMILES string of the molecule is C[C@@H]1CC/C=C\[C@@H]2C[C@@]2(C(=O)NS(=O)(=O)C2(C)CC2)NC(=O)[C@@H]2C[CH]CN2C(=O)[C@@H](NC(=O)OC(C)(C)C(F)(F)F)[C@H](C)C1. The molecule has 2 aliphatic carbocycles. The number of nitrogens with one attached hydrogen (secondary N) is 3. The largest absolute Gasteiger partial charge is 0.434 e. The number of amides is 4. The molecule has 2 heterocycles. The van der Waals surface area contributed by atoms with Gasteiger partial charge in [-0.05, 0) is 84.0 Å². The number of sulfonamides is 1. The summed E-state index contributed by atoms with van der Waals surface area (Å²) in [4.78, 5) is 54.9. The van der Waals surface area contributed by atoms with Gasteiger partial charge < -0.3 is 20.3 Å². The normalized spacial score (nSPS) is 33.5. The first-order valence-corrected chi connectivity index (χ1v) is 16.5. The molecule has 2 saturated carbocycles. The van der Waals surface area contributed by atoms with E-state index >= 15 is 0 Å². The molecule has 0 unspecified atom stereocenters. The van der Waals surface area contributed by atoms with Gasteiger partial charge in [-0.2, -0.15) is 13.2 Å². The van der Waals surface area contributed by atoms with Crippen molar-refractivity contribution in [3.05, 3.63) is 18.6 Å². The smallest absolute Gasteiger partial charge is 0.427 e. The van der Waals surface area contributed by atoms with Crippen LogP contribution in [0.25, 0.3) is 0 Å². The Balaban J connectivity index is 1.60. The van der Waals surface area contributed by atoms with Crippen LogP contribution in [0, 0.1) is 24.2 Å². The lowest BCUT2D eigenvalue weighted by Crippen LogP contribution is -2.59. The number of alkyl carbamates (subject to hydrolysis) is 1. The summed E-state index contributed by atoms with van der Waals surface area (Å²) in [5.41, 5.74) is -4.33. The summed E-state index contributed by atoms with van der Waals surface area (Å²) >= 11 is 0. The summed E-state index contributed by atoms with van der Waals surface area (Å²) in [7, 11) is -3.98. The van der Waals surface area contributed by atoms with Crippen LogP contribution in [-0.4, -0.2) is 77.8 Å². The first-order valence-electron chi connectivity index (χ1n) is 15.0. The van der Waals surface area contributed by atoms with E-state index in [-0.39, 0.29) is 25.3 Å². The molecule has 3 fully saturated rings. The monoisotopic (exact) mass is 647 g/mol. The van der Waals surface area contributed by atoms with E-state index in [4.69, 9.17) is 0 Å². The van der Waals surface area contributed by atoms with E-state index in [1.165, 1.54) is 4.90 Å². The molecule has 0 aromatic heterocycles. The van der Waals surface area contributed by atoms with Gasteiger partial charge in [0, 0.05) is 12.5 Å². The van der Waals surface area contributed by atoms with Gasteiger partial charge in [-0.3, -0.25) is 19.1 Å². The Bertz CT molecular complexity index is 1310. The van der Waals surface area contributed by atoms with Crippen LogP contribution in [0.1, 0.15) is 79.6 Å². The highest BCUT2D eigenvalue weighted by Gasteiger charge is 2.63. The van der Waals surface area contributed by atoms with E-state index in [0.717, 1.165) is 0 Å². The predicted octanol–water partition coefficient (Wildman–Crippen LogP) is 3.11. The first-order chi connectivity index (χ1) is 20.2. The summed E-state index contributed by atoms with van der Waals surface area (Å²) in [6, 6.07) is -2.39. The molecule has 11 nitrogen and oxygen atoms in total. The Morgan fingerprint density at radius 2 is 1.82 bits per heavy atom. The van der Waals surface area contributed by atoms with Crippen molar-refractivity contribution in [3.63, 3.8) is 0 Å². The maximum atomic E-state index is 13.9. The molecule has 44 heavy (non-hydrogen) atoms. The molecule has 0 bridgehead atoms. The van der Waals surface area contributed by atoms with E-state index in [1.54, 1.807) is 26.3 Å². The molecule has 1 radical (unpaired) electrons. The number of carbonyl (C=O) groups excluding carboxylic acids is 4. The number of allylic oxidation sites excluding steroid dienone is 1. The van der Waals surface area contributed by atoms with Gasteiger partial charge in [-0.15, -0.1) is 0 Å². The second-order valence-corrected chi connectivity index (χ2v) is 15.7. The molecule has 1 saturated heterocycles. The van der Waals surface area contributed by atoms with Crippen molar-refractivity contribution in [2.45, 2.75) is 114 Å². The Kier molecular flexibility index (Phi) is 9.15. The number of hydrogen-bond acceptors (Lipinski definition) is 7. The molecule has 3 N–H and O–H groups in total. The van der Waals surface area contributed by atoms with Gasteiger partial charge in [0.05, 0.1) is 4.75 Å². The second-order valence-electron chi connectivity index (χ2n) is 13.5. The van der Waals surface area contributed by atoms with Crippen molar-refractivity contribution < 1.29 is 45.5 Å². The van der Waals surface area contributed by atoms with Gasteiger partial charge in [0.1, 0.15) is 17.6 Å². The minimum Gasteiger partial charge on any atom is -0.434 e. The molecule has 6 atom stereocenters. The molecule has 247 valence electrons. The Labute approximate surface area is 256 Å². The number of nitrogens with zero attached hydrogens (tertiary/aromatic N) is 1. The molecule has 4 rings (SSSR count). The summed E-state index contributed by atoms with van der Waals surface area (Å²) in [6.07, 6.45) is 1.90. The molecular formula is C29H42F3N4O7S. The first kappa shape index (κ1) is 34.0. The standard InChI is InChI=1S/C29H42F3N4O7S/c1-17-9-6-7-10-19-16-28(19,24(39)35-44(41,42)27(5)12-13-27)34-22(37)20-11-8-14-36(20)23(38)21(18(2)15-17)33-25(40)43-26(3,4)29(30,31)32/h7-8,10,17-21H,6,9,11-16H2,1-5H3,(H,33,40)(H,34,37)(H,35,39)/b10-7-/t17-,18-,19-,20+,21+,28-/m1/s1. The minimum atomic E-state index is -4.85. The summed E-state index contributed by atoms with van der Waals surface area (Å²) in [6.45, 7) is 6.62. The van der Waals surface area contributed by atoms with Gasteiger partial charge in [0.2, 0.25) is 27.4 Å². The number of halogens is 3. The number of ether oxygens (including phenoxy) is 1. The second kappa shape index (κ2) is 11.8. The van der Waals surface area contributed by atoms with Crippen molar-refractivity contribution in [2.75, 3.05) is 6.54 Å². The minimum absolute atomic E-state index is 0.0235. The number of rotatable bonds is 5. The predicted molar refractivity (Wildman–Crippen MR) is 153 cm³/mol. The van der Waals surface area contributed by atoms with E-state index in [9.17, 15) is 40.8 Å². The summed E-state index contributed by atoms with van der Waals surface area (Å²) in [5.74, 6) is -3.14. The fourth-order valence-electron chi connectivity index (χ4n) is 5.79. The van der Waals surface area contributed by atoms with Crippen LogP contribution in [0.3, 0.4) is 0 Å². The lowest BCUT2D eigenvalue weighted by Gasteiger charge is -2.34. The topological polar surface area (TPSA) is 151 Å². The lowest BCUT2D eigenvalue weighted by molar-refractivity contribution is -0.244. The van der Waals surface area contributed by atoms with Gasteiger partial charge >= 0.3 is 12.3 Å². The maximum Gasteiger partial charge on any atom is 0.427 e. The molecule has 4 aliphatic rings.